The highest BCUT2D eigenvalue weighted by Gasteiger charge is 2.19. The molecule has 0 aliphatic rings. The van der Waals surface area contributed by atoms with Gasteiger partial charge >= 0.3 is 5.97 Å². The number of esters is 1. The van der Waals surface area contributed by atoms with Crippen LogP contribution in [-0.4, -0.2) is 29.9 Å². The molecule has 1 N–H and O–H groups in total. The predicted molar refractivity (Wildman–Crippen MR) is 63.6 cm³/mol. The molecule has 0 saturated heterocycles. The van der Waals surface area contributed by atoms with E-state index < -0.39 is 5.97 Å². The van der Waals surface area contributed by atoms with Crippen LogP contribution in [0.5, 0.6) is 5.75 Å². The van der Waals surface area contributed by atoms with Crippen LogP contribution in [0.1, 0.15) is 17.4 Å². The minimum absolute atomic E-state index is 0.251. The normalized spacial score (nSPS) is 10.5. The summed E-state index contributed by atoms with van der Waals surface area (Å²) in [6.07, 6.45) is 0. The lowest BCUT2D eigenvalue weighted by molar-refractivity contribution is 0.0521. The molecular formula is C11H11ClN2O3. The summed E-state index contributed by atoms with van der Waals surface area (Å²) < 4.78 is 10.1. The summed E-state index contributed by atoms with van der Waals surface area (Å²) in [7, 11) is 1.52. The third-order valence-electron chi connectivity index (χ3n) is 2.32. The minimum Gasteiger partial charge on any atom is -0.496 e. The van der Waals surface area contributed by atoms with E-state index in [2.05, 4.69) is 10.2 Å². The number of aromatic amines is 1. The number of benzene rings is 1. The summed E-state index contributed by atoms with van der Waals surface area (Å²) in [5, 5.41) is 7.61. The zero-order chi connectivity index (χ0) is 12.4. The molecule has 0 saturated carbocycles. The number of nitrogens with zero attached hydrogens (tertiary/aromatic N) is 1. The Hall–Kier alpha value is -1.75. The van der Waals surface area contributed by atoms with E-state index in [9.17, 15) is 4.79 Å². The fourth-order valence-corrected chi connectivity index (χ4v) is 1.79. The van der Waals surface area contributed by atoms with Crippen LogP contribution >= 0.6 is 11.6 Å². The Balaban J connectivity index is 2.65. The van der Waals surface area contributed by atoms with Crippen molar-refractivity contribution < 1.29 is 14.3 Å². The van der Waals surface area contributed by atoms with Gasteiger partial charge in [0.2, 0.25) is 0 Å². The Kier molecular flexibility index (Phi) is 3.19. The van der Waals surface area contributed by atoms with Crippen molar-refractivity contribution in [2.45, 2.75) is 6.92 Å². The first-order chi connectivity index (χ1) is 8.19. The highest BCUT2D eigenvalue weighted by atomic mass is 35.5. The van der Waals surface area contributed by atoms with E-state index in [1.165, 1.54) is 7.11 Å². The van der Waals surface area contributed by atoms with E-state index in [4.69, 9.17) is 21.1 Å². The summed E-state index contributed by atoms with van der Waals surface area (Å²) in [6, 6.07) is 3.35. The zero-order valence-corrected chi connectivity index (χ0v) is 10.2. The molecule has 0 aliphatic heterocycles. The van der Waals surface area contributed by atoms with E-state index in [-0.39, 0.29) is 5.69 Å². The SMILES string of the molecule is CCOC(=O)c1[nH]nc2c(Cl)ccc(OC)c12. The molecule has 0 aliphatic carbocycles. The number of hydrogen-bond donors (Lipinski definition) is 1. The van der Waals surface area contributed by atoms with Crippen LogP contribution in [0.2, 0.25) is 5.02 Å². The molecule has 0 spiro atoms. The third-order valence-corrected chi connectivity index (χ3v) is 2.62. The number of carbonyl (C=O) groups excluding carboxylic acids is 1. The molecule has 0 atom stereocenters. The number of aromatic nitrogens is 2. The first kappa shape index (κ1) is 11.7. The van der Waals surface area contributed by atoms with Gasteiger partial charge in [-0.05, 0) is 19.1 Å². The second-order valence-corrected chi connectivity index (χ2v) is 3.70. The number of H-pyrrole nitrogens is 1. The average Bonchev–Trinajstić information content (AvgIpc) is 2.75. The van der Waals surface area contributed by atoms with E-state index in [0.29, 0.717) is 28.3 Å². The Labute approximate surface area is 103 Å². The van der Waals surface area contributed by atoms with Gasteiger partial charge in [-0.1, -0.05) is 11.6 Å². The number of fused-ring (bicyclic) bond motifs is 1. The molecule has 0 unspecified atom stereocenters. The molecule has 2 aromatic rings. The van der Waals surface area contributed by atoms with Gasteiger partial charge in [-0.3, -0.25) is 5.10 Å². The predicted octanol–water partition coefficient (Wildman–Crippen LogP) is 2.40. The first-order valence-corrected chi connectivity index (χ1v) is 5.44. The monoisotopic (exact) mass is 254 g/mol. The van der Waals surface area contributed by atoms with Crippen LogP contribution in [0, 0.1) is 0 Å². The quantitative estimate of drug-likeness (QED) is 0.855. The Bertz CT molecular complexity index is 565. The standard InChI is InChI=1S/C11H11ClN2O3/c1-3-17-11(15)10-8-7(16-2)5-4-6(12)9(8)13-14-10/h4-5H,3H2,1-2H3,(H,13,14). The maximum absolute atomic E-state index is 11.7. The van der Waals surface area contributed by atoms with Gasteiger partial charge in [0.1, 0.15) is 11.3 Å². The summed E-state index contributed by atoms with van der Waals surface area (Å²) >= 11 is 5.99. The number of halogens is 1. The Morgan fingerprint density at radius 1 is 1.53 bits per heavy atom. The van der Waals surface area contributed by atoms with Crippen LogP contribution in [-0.2, 0) is 4.74 Å². The van der Waals surface area contributed by atoms with Gasteiger partial charge in [0.25, 0.3) is 0 Å². The summed E-state index contributed by atoms with van der Waals surface area (Å²) in [6.45, 7) is 2.03. The molecule has 90 valence electrons. The fraction of sp³-hybridized carbons (Fsp3) is 0.273. The number of methoxy groups -OCH3 is 1. The fourth-order valence-electron chi connectivity index (χ4n) is 1.59. The maximum Gasteiger partial charge on any atom is 0.357 e. The van der Waals surface area contributed by atoms with E-state index in [0.717, 1.165) is 0 Å². The number of nitrogens with one attached hydrogen (secondary N) is 1. The van der Waals surface area contributed by atoms with Crippen LogP contribution < -0.4 is 4.74 Å². The molecule has 1 aromatic heterocycles. The van der Waals surface area contributed by atoms with E-state index in [1.807, 2.05) is 0 Å². The van der Waals surface area contributed by atoms with Crippen molar-refractivity contribution in [3.05, 3.63) is 22.8 Å². The van der Waals surface area contributed by atoms with Gasteiger partial charge in [0.05, 0.1) is 24.1 Å². The van der Waals surface area contributed by atoms with Gasteiger partial charge in [-0.15, -0.1) is 0 Å². The number of carbonyl (C=O) groups is 1. The highest BCUT2D eigenvalue weighted by molar-refractivity contribution is 6.35. The minimum atomic E-state index is -0.476. The second kappa shape index (κ2) is 4.63. The number of hydrogen-bond acceptors (Lipinski definition) is 4. The highest BCUT2D eigenvalue weighted by Crippen LogP contribution is 2.32. The van der Waals surface area contributed by atoms with Crippen LogP contribution in [0.3, 0.4) is 0 Å². The second-order valence-electron chi connectivity index (χ2n) is 3.29. The first-order valence-electron chi connectivity index (χ1n) is 5.06. The molecule has 0 bridgehead atoms. The largest absolute Gasteiger partial charge is 0.496 e. The van der Waals surface area contributed by atoms with Crippen molar-refractivity contribution in [1.29, 1.82) is 0 Å². The average molecular weight is 255 g/mol. The number of ether oxygens (including phenoxy) is 2. The van der Waals surface area contributed by atoms with E-state index in [1.54, 1.807) is 19.1 Å². The number of rotatable bonds is 3. The molecular weight excluding hydrogens is 244 g/mol. The van der Waals surface area contributed by atoms with Crippen molar-refractivity contribution in [2.75, 3.05) is 13.7 Å². The lowest BCUT2D eigenvalue weighted by atomic mass is 10.2. The topological polar surface area (TPSA) is 64.2 Å². The van der Waals surface area contributed by atoms with Crippen molar-refractivity contribution in [3.63, 3.8) is 0 Å². The Morgan fingerprint density at radius 3 is 2.94 bits per heavy atom. The molecule has 1 aromatic carbocycles. The van der Waals surface area contributed by atoms with Gasteiger partial charge in [-0.25, -0.2) is 4.79 Å². The molecule has 0 fully saturated rings. The van der Waals surface area contributed by atoms with Crippen LogP contribution in [0.25, 0.3) is 10.9 Å². The lowest BCUT2D eigenvalue weighted by Crippen LogP contribution is -2.05. The van der Waals surface area contributed by atoms with Gasteiger partial charge in [0.15, 0.2) is 5.69 Å². The molecule has 17 heavy (non-hydrogen) atoms. The zero-order valence-electron chi connectivity index (χ0n) is 9.41. The molecule has 6 heteroatoms. The molecule has 0 amide bonds. The van der Waals surface area contributed by atoms with Gasteiger partial charge < -0.3 is 9.47 Å². The molecule has 5 nitrogen and oxygen atoms in total. The van der Waals surface area contributed by atoms with Gasteiger partial charge in [0, 0.05) is 0 Å². The molecule has 1 heterocycles. The Morgan fingerprint density at radius 2 is 2.29 bits per heavy atom. The summed E-state index contributed by atoms with van der Waals surface area (Å²) in [5.41, 5.74) is 0.746. The molecule has 0 radical (unpaired) electrons. The van der Waals surface area contributed by atoms with Crippen molar-refractivity contribution in [2.24, 2.45) is 0 Å². The van der Waals surface area contributed by atoms with Crippen molar-refractivity contribution in [1.82, 2.24) is 10.2 Å². The van der Waals surface area contributed by atoms with Crippen LogP contribution in [0.15, 0.2) is 12.1 Å². The third kappa shape index (κ3) is 1.93. The van der Waals surface area contributed by atoms with Crippen molar-refractivity contribution >= 4 is 28.5 Å². The summed E-state index contributed by atoms with van der Waals surface area (Å²) in [4.78, 5) is 11.7. The maximum atomic E-state index is 11.7. The van der Waals surface area contributed by atoms with Gasteiger partial charge in [-0.2, -0.15) is 5.10 Å². The van der Waals surface area contributed by atoms with E-state index >= 15 is 0 Å². The van der Waals surface area contributed by atoms with Crippen molar-refractivity contribution in [3.8, 4) is 5.75 Å². The molecule has 2 rings (SSSR count). The van der Waals surface area contributed by atoms with Crippen LogP contribution in [0.4, 0.5) is 0 Å². The lowest BCUT2D eigenvalue weighted by Gasteiger charge is -2.04. The summed E-state index contributed by atoms with van der Waals surface area (Å²) in [5.74, 6) is 0.0526. The smallest absolute Gasteiger partial charge is 0.357 e.